The molecule has 0 atom stereocenters. The summed E-state index contributed by atoms with van der Waals surface area (Å²) in [6.07, 6.45) is 1.47. The Morgan fingerprint density at radius 3 is 2.48 bits per heavy atom. The number of hydrogen-bond acceptors (Lipinski definition) is 5. The number of rotatable bonds is 6. The lowest BCUT2D eigenvalue weighted by Gasteiger charge is -2.08. The summed E-state index contributed by atoms with van der Waals surface area (Å²) in [5.41, 5.74) is 1.83. The molecule has 0 unspecified atom stereocenters. The van der Waals surface area contributed by atoms with Crippen molar-refractivity contribution in [2.45, 2.75) is 4.90 Å². The van der Waals surface area contributed by atoms with Crippen molar-refractivity contribution in [2.75, 3.05) is 13.2 Å². The molecule has 0 radical (unpaired) electrons. The topological polar surface area (TPSA) is 117 Å². The molecule has 0 spiro atoms. The first kappa shape index (κ1) is 17.2. The first-order valence-electron chi connectivity index (χ1n) is 7.38. The number of carboxylic acids is 1. The number of carbonyl (C=O) groups is 1. The molecule has 3 N–H and O–H groups in total. The molecule has 3 rings (SSSR count). The number of aliphatic hydroxyl groups is 1. The fraction of sp³-hybridized carbons (Fsp3) is 0.118. The first-order chi connectivity index (χ1) is 11.9. The van der Waals surface area contributed by atoms with Gasteiger partial charge < -0.3 is 14.6 Å². The van der Waals surface area contributed by atoms with E-state index >= 15 is 0 Å². The zero-order valence-electron chi connectivity index (χ0n) is 13.0. The van der Waals surface area contributed by atoms with E-state index in [1.54, 1.807) is 18.2 Å². The van der Waals surface area contributed by atoms with Crippen molar-refractivity contribution < 1.29 is 27.8 Å². The highest BCUT2D eigenvalue weighted by atomic mass is 32.2. The van der Waals surface area contributed by atoms with Crippen LogP contribution in [0.15, 0.2) is 58.0 Å². The van der Waals surface area contributed by atoms with E-state index in [0.29, 0.717) is 22.1 Å². The molecule has 0 bridgehead atoms. The maximum Gasteiger partial charge on any atom is 0.335 e. The summed E-state index contributed by atoms with van der Waals surface area (Å²) < 4.78 is 31.8. The Bertz CT molecular complexity index is 1020. The largest absolute Gasteiger partial charge is 0.478 e. The summed E-state index contributed by atoms with van der Waals surface area (Å²) in [6.45, 7) is -0.368. The molecule has 3 aromatic rings. The van der Waals surface area contributed by atoms with Crippen molar-refractivity contribution in [1.29, 1.82) is 0 Å². The maximum absolute atomic E-state index is 12.0. The monoisotopic (exact) mass is 361 g/mol. The van der Waals surface area contributed by atoms with Crippen molar-refractivity contribution in [3.05, 3.63) is 54.3 Å². The minimum absolute atomic E-state index is 0.0507. The van der Waals surface area contributed by atoms with Crippen LogP contribution in [-0.2, 0) is 10.0 Å². The van der Waals surface area contributed by atoms with Crippen LogP contribution in [-0.4, -0.2) is 37.8 Å². The highest BCUT2D eigenvalue weighted by Gasteiger charge is 2.16. The smallest absolute Gasteiger partial charge is 0.335 e. The number of aliphatic hydroxyl groups excluding tert-OH is 1. The van der Waals surface area contributed by atoms with Crippen molar-refractivity contribution in [3.8, 4) is 11.1 Å². The highest BCUT2D eigenvalue weighted by Crippen LogP contribution is 2.31. The molecule has 2 aromatic carbocycles. The third kappa shape index (κ3) is 3.41. The molecule has 0 aliphatic heterocycles. The molecule has 25 heavy (non-hydrogen) atoms. The number of furan rings is 1. The van der Waals surface area contributed by atoms with Crippen LogP contribution in [0.4, 0.5) is 0 Å². The van der Waals surface area contributed by atoms with Crippen LogP contribution >= 0.6 is 0 Å². The van der Waals surface area contributed by atoms with Crippen LogP contribution in [0.2, 0.25) is 0 Å². The van der Waals surface area contributed by atoms with E-state index < -0.39 is 16.0 Å². The summed E-state index contributed by atoms with van der Waals surface area (Å²) >= 11 is 0. The normalized spacial score (nSPS) is 11.7. The van der Waals surface area contributed by atoms with E-state index in [1.165, 1.54) is 30.5 Å². The van der Waals surface area contributed by atoms with E-state index in [4.69, 9.17) is 9.52 Å². The number of hydrogen-bond donors (Lipinski definition) is 3. The molecular formula is C17H15NO6S. The summed E-state index contributed by atoms with van der Waals surface area (Å²) in [6, 6.07) is 10.7. The average Bonchev–Trinajstić information content (AvgIpc) is 3.08. The zero-order valence-corrected chi connectivity index (χ0v) is 13.8. The number of benzene rings is 2. The lowest BCUT2D eigenvalue weighted by molar-refractivity contribution is 0.0697. The molecule has 0 aliphatic rings. The van der Waals surface area contributed by atoms with Crippen LogP contribution in [0.5, 0.6) is 0 Å². The quantitative estimate of drug-likeness (QED) is 0.619. The molecule has 0 saturated heterocycles. The van der Waals surface area contributed by atoms with Crippen molar-refractivity contribution in [1.82, 2.24) is 4.72 Å². The summed E-state index contributed by atoms with van der Waals surface area (Å²) in [5, 5.41) is 18.6. The van der Waals surface area contributed by atoms with Gasteiger partial charge >= 0.3 is 5.97 Å². The highest BCUT2D eigenvalue weighted by molar-refractivity contribution is 7.89. The number of carboxylic acid groups (broad SMARTS) is 1. The molecule has 130 valence electrons. The van der Waals surface area contributed by atoms with Gasteiger partial charge in [-0.1, -0.05) is 12.1 Å². The van der Waals surface area contributed by atoms with Gasteiger partial charge in [-0.15, -0.1) is 0 Å². The van der Waals surface area contributed by atoms with Crippen LogP contribution in [0.3, 0.4) is 0 Å². The van der Waals surface area contributed by atoms with E-state index in [1.807, 2.05) is 0 Å². The van der Waals surface area contributed by atoms with Crippen LogP contribution in [0, 0.1) is 0 Å². The van der Waals surface area contributed by atoms with E-state index in [0.717, 1.165) is 0 Å². The first-order valence-corrected chi connectivity index (χ1v) is 8.86. The summed E-state index contributed by atoms with van der Waals surface area (Å²) in [4.78, 5) is 11.3. The molecule has 0 aliphatic carbocycles. The van der Waals surface area contributed by atoms with E-state index in [2.05, 4.69) is 4.72 Å². The summed E-state index contributed by atoms with van der Waals surface area (Å²) in [5.74, 6) is -1.06. The Kier molecular flexibility index (Phi) is 4.58. The number of aromatic carboxylic acids is 1. The second-order valence-electron chi connectivity index (χ2n) is 5.31. The fourth-order valence-electron chi connectivity index (χ4n) is 2.50. The molecule has 0 amide bonds. The van der Waals surface area contributed by atoms with Gasteiger partial charge in [-0.25, -0.2) is 17.9 Å². The minimum Gasteiger partial charge on any atom is -0.478 e. The van der Waals surface area contributed by atoms with Gasteiger partial charge in [0.15, 0.2) is 0 Å². The molecule has 8 heteroatoms. The second kappa shape index (κ2) is 6.67. The second-order valence-corrected chi connectivity index (χ2v) is 7.08. The minimum atomic E-state index is -3.70. The summed E-state index contributed by atoms with van der Waals surface area (Å²) in [7, 11) is -3.70. The molecule has 1 heterocycles. The number of sulfonamides is 1. The van der Waals surface area contributed by atoms with Crippen LogP contribution < -0.4 is 4.72 Å². The Labute approximate surface area is 143 Å². The van der Waals surface area contributed by atoms with Gasteiger partial charge in [0.05, 0.1) is 23.3 Å². The predicted molar refractivity (Wildman–Crippen MR) is 90.9 cm³/mol. The Morgan fingerprint density at radius 2 is 1.84 bits per heavy atom. The fourth-order valence-corrected chi connectivity index (χ4v) is 3.52. The van der Waals surface area contributed by atoms with Crippen molar-refractivity contribution >= 4 is 27.0 Å². The van der Waals surface area contributed by atoms with Crippen molar-refractivity contribution in [3.63, 3.8) is 0 Å². The van der Waals surface area contributed by atoms with Gasteiger partial charge in [-0.05, 0) is 35.9 Å². The Morgan fingerprint density at radius 1 is 1.12 bits per heavy atom. The van der Waals surface area contributed by atoms with Crippen molar-refractivity contribution in [2.24, 2.45) is 0 Å². The Hall–Kier alpha value is -2.68. The molecule has 1 aromatic heterocycles. The van der Waals surface area contributed by atoms with Gasteiger partial charge in [0.2, 0.25) is 10.0 Å². The van der Waals surface area contributed by atoms with E-state index in [-0.39, 0.29) is 23.6 Å². The molecule has 0 saturated carbocycles. The molecular weight excluding hydrogens is 346 g/mol. The molecule has 7 nitrogen and oxygen atoms in total. The van der Waals surface area contributed by atoms with Crippen LogP contribution in [0.25, 0.3) is 22.1 Å². The lowest BCUT2D eigenvalue weighted by atomic mass is 10.0. The number of fused-ring (bicyclic) bond motifs is 1. The van der Waals surface area contributed by atoms with Gasteiger partial charge in [0, 0.05) is 17.5 Å². The SMILES string of the molecule is O=C(O)c1cc(-c2ccc(S(=O)(=O)NCCO)cc2)c2occc2c1. The van der Waals surface area contributed by atoms with Gasteiger partial charge in [-0.2, -0.15) is 0 Å². The van der Waals surface area contributed by atoms with Gasteiger partial charge in [0.25, 0.3) is 0 Å². The third-order valence-electron chi connectivity index (χ3n) is 3.68. The molecule has 0 fully saturated rings. The maximum atomic E-state index is 12.0. The lowest BCUT2D eigenvalue weighted by Crippen LogP contribution is -2.26. The van der Waals surface area contributed by atoms with Crippen LogP contribution in [0.1, 0.15) is 10.4 Å². The van der Waals surface area contributed by atoms with Gasteiger partial charge in [-0.3, -0.25) is 0 Å². The Balaban J connectivity index is 2.04. The predicted octanol–water partition coefficient (Wildman–Crippen LogP) is 2.07. The third-order valence-corrected chi connectivity index (χ3v) is 5.15. The zero-order chi connectivity index (χ0) is 18.0. The standard InChI is InChI=1S/C17H15NO6S/c19-7-6-18-25(22,23)14-3-1-11(2-4-14)15-10-13(17(20)21)9-12-5-8-24-16(12)15/h1-5,8-10,18-19H,6-7H2,(H,20,21). The number of nitrogens with one attached hydrogen (secondary N) is 1. The average molecular weight is 361 g/mol. The van der Waals surface area contributed by atoms with E-state index in [9.17, 15) is 18.3 Å². The van der Waals surface area contributed by atoms with Gasteiger partial charge in [0.1, 0.15) is 5.58 Å².